The first kappa shape index (κ1) is 14.9. The Morgan fingerprint density at radius 3 is 2.43 bits per heavy atom. The third-order valence-electron chi connectivity index (χ3n) is 2.85. The van der Waals surface area contributed by atoms with Gasteiger partial charge in [0, 0.05) is 5.69 Å². The van der Waals surface area contributed by atoms with Gasteiger partial charge in [0.1, 0.15) is 5.82 Å². The van der Waals surface area contributed by atoms with Crippen molar-refractivity contribution in [1.82, 2.24) is 0 Å². The van der Waals surface area contributed by atoms with Crippen LogP contribution >= 0.6 is 0 Å². The molecule has 0 spiro atoms. The molecular weight excluding hydrogens is 284 g/mol. The first-order chi connectivity index (χ1) is 9.81. The molecule has 1 N–H and O–H groups in total. The summed E-state index contributed by atoms with van der Waals surface area (Å²) in [5.41, 5.74) is -0.380. The fourth-order valence-electron chi connectivity index (χ4n) is 1.85. The van der Waals surface area contributed by atoms with Crippen LogP contribution in [0.15, 0.2) is 36.4 Å². The van der Waals surface area contributed by atoms with Crippen molar-refractivity contribution in [2.75, 3.05) is 5.32 Å². The Hall–Kier alpha value is -2.55. The maximum absolute atomic E-state index is 13.6. The largest absolute Gasteiger partial charge is 0.417 e. The quantitative estimate of drug-likeness (QED) is 0.810. The first-order valence-corrected chi connectivity index (χ1v) is 5.96. The molecule has 2 rings (SSSR count). The summed E-state index contributed by atoms with van der Waals surface area (Å²) < 4.78 is 51.6. The number of hydrogen-bond acceptors (Lipinski definition) is 2. The fourth-order valence-corrected chi connectivity index (χ4v) is 1.85. The molecule has 6 heteroatoms. The van der Waals surface area contributed by atoms with Crippen molar-refractivity contribution < 1.29 is 17.6 Å². The summed E-state index contributed by atoms with van der Waals surface area (Å²) in [5.74, 6) is -0.529. The van der Waals surface area contributed by atoms with Gasteiger partial charge in [0.05, 0.1) is 22.9 Å². The number of nitrogens with zero attached hydrogens (tertiary/aromatic N) is 1. The van der Waals surface area contributed by atoms with Crippen molar-refractivity contribution in [3.63, 3.8) is 0 Å². The molecule has 2 aromatic rings. The second-order valence-corrected chi connectivity index (χ2v) is 4.48. The third kappa shape index (κ3) is 3.31. The minimum absolute atomic E-state index is 0.138. The Morgan fingerprint density at radius 2 is 1.81 bits per heavy atom. The Morgan fingerprint density at radius 1 is 1.10 bits per heavy atom. The monoisotopic (exact) mass is 294 g/mol. The molecule has 0 aliphatic rings. The molecule has 108 valence electrons. The van der Waals surface area contributed by atoms with E-state index >= 15 is 0 Å². The SMILES string of the molecule is Cc1ccc(F)c(Nc2ccc(C(F)(F)F)c(C#N)c2)c1. The van der Waals surface area contributed by atoms with Gasteiger partial charge in [0.15, 0.2) is 0 Å². The van der Waals surface area contributed by atoms with Gasteiger partial charge in [-0.05, 0) is 42.8 Å². The summed E-state index contributed by atoms with van der Waals surface area (Å²) in [6, 6.07) is 8.87. The van der Waals surface area contributed by atoms with Crippen molar-refractivity contribution in [3.05, 3.63) is 58.9 Å². The highest BCUT2D eigenvalue weighted by Crippen LogP contribution is 2.33. The molecule has 2 nitrogen and oxygen atoms in total. The van der Waals surface area contributed by atoms with Gasteiger partial charge in [-0.2, -0.15) is 18.4 Å². The minimum atomic E-state index is -4.60. The molecule has 0 aromatic heterocycles. The summed E-state index contributed by atoms with van der Waals surface area (Å²) >= 11 is 0. The summed E-state index contributed by atoms with van der Waals surface area (Å²) in [6.45, 7) is 1.76. The van der Waals surface area contributed by atoms with E-state index in [1.165, 1.54) is 18.2 Å². The number of aryl methyl sites for hydroxylation is 1. The van der Waals surface area contributed by atoms with Gasteiger partial charge in [-0.3, -0.25) is 0 Å². The van der Waals surface area contributed by atoms with Crippen LogP contribution in [0.5, 0.6) is 0 Å². The zero-order chi connectivity index (χ0) is 15.6. The van der Waals surface area contributed by atoms with E-state index in [4.69, 9.17) is 5.26 Å². The van der Waals surface area contributed by atoms with Gasteiger partial charge in [-0.15, -0.1) is 0 Å². The Kier molecular flexibility index (Phi) is 3.85. The molecule has 0 aliphatic heterocycles. The van der Waals surface area contributed by atoms with Crippen molar-refractivity contribution in [1.29, 1.82) is 5.26 Å². The molecule has 0 fully saturated rings. The number of benzene rings is 2. The molecule has 0 saturated heterocycles. The van der Waals surface area contributed by atoms with Crippen LogP contribution < -0.4 is 5.32 Å². The molecule has 0 heterocycles. The maximum Gasteiger partial charge on any atom is 0.417 e. The summed E-state index contributed by atoms with van der Waals surface area (Å²) in [6.07, 6.45) is -4.60. The zero-order valence-electron chi connectivity index (χ0n) is 10.9. The van der Waals surface area contributed by atoms with Gasteiger partial charge >= 0.3 is 6.18 Å². The highest BCUT2D eigenvalue weighted by atomic mass is 19.4. The van der Waals surface area contributed by atoms with E-state index in [9.17, 15) is 17.6 Å². The number of halogens is 4. The van der Waals surface area contributed by atoms with Gasteiger partial charge in [0.2, 0.25) is 0 Å². The van der Waals surface area contributed by atoms with Crippen LogP contribution in [0.2, 0.25) is 0 Å². The number of rotatable bonds is 2. The Balaban J connectivity index is 2.39. The third-order valence-corrected chi connectivity index (χ3v) is 2.85. The fraction of sp³-hybridized carbons (Fsp3) is 0.133. The first-order valence-electron chi connectivity index (χ1n) is 5.96. The lowest BCUT2D eigenvalue weighted by atomic mass is 10.1. The van der Waals surface area contributed by atoms with Crippen molar-refractivity contribution in [2.45, 2.75) is 13.1 Å². The van der Waals surface area contributed by atoms with E-state index in [0.717, 1.165) is 23.8 Å². The molecule has 0 aliphatic carbocycles. The number of nitriles is 1. The van der Waals surface area contributed by atoms with Crippen molar-refractivity contribution in [3.8, 4) is 6.07 Å². The van der Waals surface area contributed by atoms with Gasteiger partial charge < -0.3 is 5.32 Å². The molecule has 0 radical (unpaired) electrons. The maximum atomic E-state index is 13.6. The van der Waals surface area contributed by atoms with E-state index in [2.05, 4.69) is 5.32 Å². The predicted molar refractivity (Wildman–Crippen MR) is 70.6 cm³/mol. The summed E-state index contributed by atoms with van der Waals surface area (Å²) in [4.78, 5) is 0. The van der Waals surface area contributed by atoms with E-state index in [1.807, 2.05) is 0 Å². The van der Waals surface area contributed by atoms with Crippen molar-refractivity contribution in [2.24, 2.45) is 0 Å². The second kappa shape index (κ2) is 5.44. The van der Waals surface area contributed by atoms with E-state index in [0.29, 0.717) is 0 Å². The number of nitrogens with one attached hydrogen (secondary N) is 1. The molecule has 0 amide bonds. The van der Waals surface area contributed by atoms with Gasteiger partial charge in [-0.1, -0.05) is 6.07 Å². The standard InChI is InChI=1S/C15H10F4N2/c1-9-2-5-13(16)14(6-9)21-11-3-4-12(15(17,18)19)10(7-11)8-20/h2-7,21H,1H3. The van der Waals surface area contributed by atoms with Gasteiger partial charge in [-0.25, -0.2) is 4.39 Å². The van der Waals surface area contributed by atoms with E-state index in [-0.39, 0.29) is 11.4 Å². The average molecular weight is 294 g/mol. The highest BCUT2D eigenvalue weighted by Gasteiger charge is 2.33. The lowest BCUT2D eigenvalue weighted by Crippen LogP contribution is -2.08. The van der Waals surface area contributed by atoms with Crippen molar-refractivity contribution >= 4 is 11.4 Å². The van der Waals surface area contributed by atoms with Crippen LogP contribution in [0.25, 0.3) is 0 Å². The van der Waals surface area contributed by atoms with Crippen LogP contribution in [0.4, 0.5) is 28.9 Å². The molecule has 0 bridgehead atoms. The topological polar surface area (TPSA) is 35.8 Å². The molecule has 0 unspecified atom stereocenters. The summed E-state index contributed by atoms with van der Waals surface area (Å²) in [5, 5.41) is 11.5. The smallest absolute Gasteiger partial charge is 0.353 e. The van der Waals surface area contributed by atoms with Crippen LogP contribution in [0.1, 0.15) is 16.7 Å². The molecule has 21 heavy (non-hydrogen) atoms. The van der Waals surface area contributed by atoms with Crippen LogP contribution in [0.3, 0.4) is 0 Å². The second-order valence-electron chi connectivity index (χ2n) is 4.48. The number of alkyl halides is 3. The zero-order valence-corrected chi connectivity index (χ0v) is 10.9. The lowest BCUT2D eigenvalue weighted by molar-refractivity contribution is -0.137. The average Bonchev–Trinajstić information content (AvgIpc) is 2.41. The van der Waals surface area contributed by atoms with Crippen LogP contribution in [-0.2, 0) is 6.18 Å². The van der Waals surface area contributed by atoms with Gasteiger partial charge in [0.25, 0.3) is 0 Å². The number of hydrogen-bond donors (Lipinski definition) is 1. The molecule has 0 atom stereocenters. The van der Waals surface area contributed by atoms with Crippen LogP contribution in [-0.4, -0.2) is 0 Å². The normalized spacial score (nSPS) is 11.0. The molecular formula is C15H10F4N2. The lowest BCUT2D eigenvalue weighted by Gasteiger charge is -2.12. The Bertz CT molecular complexity index is 715. The van der Waals surface area contributed by atoms with E-state index < -0.39 is 23.1 Å². The molecule has 0 saturated carbocycles. The highest BCUT2D eigenvalue weighted by molar-refractivity contribution is 5.63. The number of anilines is 2. The predicted octanol–water partition coefficient (Wildman–Crippen LogP) is 4.77. The summed E-state index contributed by atoms with van der Waals surface area (Å²) in [7, 11) is 0. The van der Waals surface area contributed by atoms with Crippen LogP contribution in [0, 0.1) is 24.1 Å². The van der Waals surface area contributed by atoms with E-state index in [1.54, 1.807) is 13.0 Å². The Labute approximate surface area is 118 Å². The minimum Gasteiger partial charge on any atom is -0.353 e. The molecule has 2 aromatic carbocycles.